The average molecular weight is 279 g/mol. The van der Waals surface area contributed by atoms with E-state index in [4.69, 9.17) is 4.74 Å². The number of aryl methyl sites for hydroxylation is 1. The summed E-state index contributed by atoms with van der Waals surface area (Å²) in [7, 11) is 0. The summed E-state index contributed by atoms with van der Waals surface area (Å²) in [5.74, 6) is -0.244. The van der Waals surface area contributed by atoms with E-state index in [2.05, 4.69) is 4.90 Å². The Labute approximate surface area is 119 Å². The highest BCUT2D eigenvalue weighted by Gasteiger charge is 2.33. The lowest BCUT2D eigenvalue weighted by Gasteiger charge is -2.32. The van der Waals surface area contributed by atoms with E-state index in [1.807, 2.05) is 6.07 Å². The third kappa shape index (κ3) is 3.03. The maximum Gasteiger partial charge on any atom is 0.126 e. The lowest BCUT2D eigenvalue weighted by Crippen LogP contribution is -2.43. The Hall–Kier alpha value is -0.970. The Morgan fingerprint density at radius 2 is 2.05 bits per heavy atom. The van der Waals surface area contributed by atoms with Crippen molar-refractivity contribution in [1.29, 1.82) is 0 Å². The number of ether oxygens (including phenoxy) is 1. The topological polar surface area (TPSA) is 32.7 Å². The van der Waals surface area contributed by atoms with Crippen LogP contribution in [-0.2, 0) is 4.74 Å². The molecule has 2 fully saturated rings. The summed E-state index contributed by atoms with van der Waals surface area (Å²) in [6.07, 6.45) is 3.12. The van der Waals surface area contributed by atoms with Crippen LogP contribution in [-0.4, -0.2) is 41.8 Å². The summed E-state index contributed by atoms with van der Waals surface area (Å²) in [6.45, 7) is 4.50. The van der Waals surface area contributed by atoms with Gasteiger partial charge in [0, 0.05) is 19.6 Å². The molecule has 2 aliphatic rings. The van der Waals surface area contributed by atoms with Gasteiger partial charge in [-0.3, -0.25) is 4.90 Å². The summed E-state index contributed by atoms with van der Waals surface area (Å²) in [5.41, 5.74) is 1.29. The number of hydrogen-bond acceptors (Lipinski definition) is 3. The molecule has 110 valence electrons. The Kier molecular flexibility index (Phi) is 4.06. The van der Waals surface area contributed by atoms with Crippen LogP contribution in [0.5, 0.6) is 0 Å². The van der Waals surface area contributed by atoms with Gasteiger partial charge < -0.3 is 9.84 Å². The normalized spacial score (nSPS) is 27.8. The van der Waals surface area contributed by atoms with Gasteiger partial charge in [-0.25, -0.2) is 4.39 Å². The van der Waals surface area contributed by atoms with E-state index >= 15 is 0 Å². The third-order valence-electron chi connectivity index (χ3n) is 4.42. The van der Waals surface area contributed by atoms with Crippen molar-refractivity contribution in [2.24, 2.45) is 0 Å². The maximum atomic E-state index is 13.5. The molecule has 3 nitrogen and oxygen atoms in total. The number of morpholine rings is 1. The number of aliphatic hydroxyl groups excluding tert-OH is 1. The van der Waals surface area contributed by atoms with Gasteiger partial charge in [0.2, 0.25) is 0 Å². The molecule has 2 saturated heterocycles. The SMILES string of the molecule is Cc1ccc(C(O)CCN2CC3CCC(C2)O3)cc1F. The highest BCUT2D eigenvalue weighted by Crippen LogP contribution is 2.27. The van der Waals surface area contributed by atoms with Crippen molar-refractivity contribution in [3.8, 4) is 0 Å². The molecule has 0 spiro atoms. The van der Waals surface area contributed by atoms with Crippen LogP contribution < -0.4 is 0 Å². The first-order chi connectivity index (χ1) is 9.61. The number of halogens is 1. The van der Waals surface area contributed by atoms with Gasteiger partial charge in [0.05, 0.1) is 18.3 Å². The molecule has 0 saturated carbocycles. The molecule has 2 bridgehead atoms. The fourth-order valence-corrected chi connectivity index (χ4v) is 3.17. The van der Waals surface area contributed by atoms with Crippen molar-refractivity contribution in [3.63, 3.8) is 0 Å². The largest absolute Gasteiger partial charge is 0.388 e. The Balaban J connectivity index is 1.54. The summed E-state index contributed by atoms with van der Waals surface area (Å²) in [4.78, 5) is 2.36. The van der Waals surface area contributed by atoms with Crippen molar-refractivity contribution >= 4 is 0 Å². The maximum absolute atomic E-state index is 13.5. The standard InChI is InChI=1S/C16H22FNO2/c1-11-2-3-12(8-15(11)17)16(19)6-7-18-9-13-4-5-14(10-18)20-13/h2-3,8,13-14,16,19H,4-7,9-10H2,1H3. The van der Waals surface area contributed by atoms with Gasteiger partial charge in [-0.2, -0.15) is 0 Å². The van der Waals surface area contributed by atoms with Crippen LogP contribution in [0.15, 0.2) is 18.2 Å². The summed E-state index contributed by atoms with van der Waals surface area (Å²) in [6, 6.07) is 4.98. The van der Waals surface area contributed by atoms with E-state index in [0.29, 0.717) is 29.8 Å². The number of likely N-dealkylation sites (tertiary alicyclic amines) is 1. The Morgan fingerprint density at radius 1 is 1.35 bits per heavy atom. The molecule has 0 aromatic heterocycles. The molecule has 3 rings (SSSR count). The molecule has 1 aromatic carbocycles. The minimum atomic E-state index is -0.592. The van der Waals surface area contributed by atoms with E-state index in [-0.39, 0.29) is 5.82 Å². The fraction of sp³-hybridized carbons (Fsp3) is 0.625. The van der Waals surface area contributed by atoms with Crippen molar-refractivity contribution in [2.45, 2.75) is 44.5 Å². The number of rotatable bonds is 4. The first-order valence-electron chi connectivity index (χ1n) is 7.44. The van der Waals surface area contributed by atoms with E-state index in [1.165, 1.54) is 6.07 Å². The Morgan fingerprint density at radius 3 is 2.70 bits per heavy atom. The molecule has 20 heavy (non-hydrogen) atoms. The van der Waals surface area contributed by atoms with Crippen LogP contribution in [0.2, 0.25) is 0 Å². The van der Waals surface area contributed by atoms with E-state index in [9.17, 15) is 9.50 Å². The molecule has 0 amide bonds. The van der Waals surface area contributed by atoms with E-state index in [0.717, 1.165) is 32.5 Å². The second-order valence-electron chi connectivity index (χ2n) is 6.03. The fourth-order valence-electron chi connectivity index (χ4n) is 3.17. The first kappa shape index (κ1) is 14.0. The summed E-state index contributed by atoms with van der Waals surface area (Å²) < 4.78 is 19.3. The van der Waals surface area contributed by atoms with Gasteiger partial charge >= 0.3 is 0 Å². The van der Waals surface area contributed by atoms with Crippen molar-refractivity contribution in [1.82, 2.24) is 4.90 Å². The van der Waals surface area contributed by atoms with Crippen LogP contribution in [0, 0.1) is 12.7 Å². The average Bonchev–Trinajstić information content (AvgIpc) is 2.78. The second kappa shape index (κ2) is 5.80. The number of aliphatic hydroxyl groups is 1. The predicted octanol–water partition coefficient (Wildman–Crippen LogP) is 2.42. The molecule has 0 radical (unpaired) electrons. The lowest BCUT2D eigenvalue weighted by molar-refractivity contribution is -0.0414. The quantitative estimate of drug-likeness (QED) is 0.919. The molecule has 0 aliphatic carbocycles. The third-order valence-corrected chi connectivity index (χ3v) is 4.42. The van der Waals surface area contributed by atoms with Crippen LogP contribution in [0.3, 0.4) is 0 Å². The summed E-state index contributed by atoms with van der Waals surface area (Å²) >= 11 is 0. The van der Waals surface area contributed by atoms with Gasteiger partial charge in [0.1, 0.15) is 5.82 Å². The number of benzene rings is 1. The zero-order valence-electron chi connectivity index (χ0n) is 11.9. The van der Waals surface area contributed by atoms with Gasteiger partial charge in [-0.05, 0) is 43.4 Å². The Bertz CT molecular complexity index is 468. The van der Waals surface area contributed by atoms with Crippen LogP contribution >= 0.6 is 0 Å². The van der Waals surface area contributed by atoms with Crippen LogP contribution in [0.25, 0.3) is 0 Å². The van der Waals surface area contributed by atoms with Crippen molar-refractivity contribution in [3.05, 3.63) is 35.1 Å². The van der Waals surface area contributed by atoms with E-state index < -0.39 is 6.10 Å². The monoisotopic (exact) mass is 279 g/mol. The molecule has 1 aromatic rings. The molecule has 2 aliphatic heterocycles. The second-order valence-corrected chi connectivity index (χ2v) is 6.03. The molecule has 2 heterocycles. The molecular formula is C16H22FNO2. The molecule has 3 unspecified atom stereocenters. The zero-order chi connectivity index (χ0) is 14.1. The molecule has 4 heteroatoms. The van der Waals surface area contributed by atoms with Crippen LogP contribution in [0.4, 0.5) is 4.39 Å². The highest BCUT2D eigenvalue weighted by molar-refractivity contribution is 5.24. The van der Waals surface area contributed by atoms with Gasteiger partial charge in [-0.15, -0.1) is 0 Å². The van der Waals surface area contributed by atoms with Gasteiger partial charge in [0.15, 0.2) is 0 Å². The number of fused-ring (bicyclic) bond motifs is 2. The predicted molar refractivity (Wildman–Crippen MR) is 75.0 cm³/mol. The number of hydrogen-bond donors (Lipinski definition) is 1. The minimum Gasteiger partial charge on any atom is -0.388 e. The summed E-state index contributed by atoms with van der Waals surface area (Å²) in [5, 5.41) is 10.2. The molecular weight excluding hydrogens is 257 g/mol. The molecule has 3 atom stereocenters. The zero-order valence-corrected chi connectivity index (χ0v) is 11.9. The van der Waals surface area contributed by atoms with E-state index in [1.54, 1.807) is 13.0 Å². The van der Waals surface area contributed by atoms with Crippen molar-refractivity contribution < 1.29 is 14.2 Å². The molecule has 1 N–H and O–H groups in total. The minimum absolute atomic E-state index is 0.244. The smallest absolute Gasteiger partial charge is 0.126 e. The number of nitrogens with zero attached hydrogens (tertiary/aromatic N) is 1. The lowest BCUT2D eigenvalue weighted by atomic mass is 10.0. The first-order valence-corrected chi connectivity index (χ1v) is 7.44. The van der Waals surface area contributed by atoms with Crippen LogP contribution in [0.1, 0.15) is 36.5 Å². The van der Waals surface area contributed by atoms with Crippen molar-refractivity contribution in [2.75, 3.05) is 19.6 Å². The van der Waals surface area contributed by atoms with Gasteiger partial charge in [-0.1, -0.05) is 12.1 Å². The highest BCUT2D eigenvalue weighted by atomic mass is 19.1. The van der Waals surface area contributed by atoms with Gasteiger partial charge in [0.25, 0.3) is 0 Å².